The van der Waals surface area contributed by atoms with Crippen LogP contribution in [0.4, 0.5) is 0 Å². The number of rotatable bonds is 5. The number of nitrogens with zero attached hydrogens (tertiary/aromatic N) is 1. The number of benzene rings is 1. The number of hydrogen-bond donors (Lipinski definition) is 0. The molecule has 0 radical (unpaired) electrons. The topological polar surface area (TPSA) is 107 Å². The molecular formula is C17H16ClNO7S. The fraction of sp³-hybridized carbons (Fsp3) is 0.353. The lowest BCUT2D eigenvalue weighted by atomic mass is 10.1. The van der Waals surface area contributed by atoms with Crippen LogP contribution in [0.1, 0.15) is 12.5 Å². The van der Waals surface area contributed by atoms with Gasteiger partial charge in [0.25, 0.3) is 0 Å². The summed E-state index contributed by atoms with van der Waals surface area (Å²) in [6.45, 7) is 0.652. The molecule has 3 rings (SSSR count). The first-order chi connectivity index (χ1) is 12.7. The van der Waals surface area contributed by atoms with Crippen LogP contribution in [0.15, 0.2) is 41.6 Å². The summed E-state index contributed by atoms with van der Waals surface area (Å²) in [6.07, 6.45) is 0. The average Bonchev–Trinajstić information content (AvgIpc) is 2.63. The van der Waals surface area contributed by atoms with E-state index in [4.69, 9.17) is 21.1 Å². The Hall–Kier alpha value is -2.39. The second-order valence-electron chi connectivity index (χ2n) is 6.10. The first-order valence-electron chi connectivity index (χ1n) is 7.97. The Kier molecular flexibility index (Phi) is 5.25. The van der Waals surface area contributed by atoms with Gasteiger partial charge in [0.05, 0.1) is 5.75 Å². The molecule has 0 aromatic heterocycles. The average molecular weight is 414 g/mol. The van der Waals surface area contributed by atoms with Crippen molar-refractivity contribution in [3.8, 4) is 0 Å². The van der Waals surface area contributed by atoms with E-state index in [2.05, 4.69) is 0 Å². The van der Waals surface area contributed by atoms with E-state index in [1.54, 1.807) is 30.3 Å². The fourth-order valence-corrected chi connectivity index (χ4v) is 5.48. The lowest BCUT2D eigenvalue weighted by Gasteiger charge is -2.46. The number of hydrogen-bond acceptors (Lipinski definition) is 7. The summed E-state index contributed by atoms with van der Waals surface area (Å²) in [7, 11) is -3.82. The minimum Gasteiger partial charge on any atom is -0.461 e. The molecule has 144 valence electrons. The molecule has 2 aliphatic rings. The lowest BCUT2D eigenvalue weighted by molar-refractivity contribution is -0.150. The van der Waals surface area contributed by atoms with Crippen LogP contribution >= 0.6 is 11.6 Å². The second-order valence-corrected chi connectivity index (χ2v) is 8.67. The normalized spacial score (nSPS) is 23.3. The largest absolute Gasteiger partial charge is 0.461 e. The monoisotopic (exact) mass is 413 g/mol. The van der Waals surface area contributed by atoms with E-state index in [9.17, 15) is 22.8 Å². The van der Waals surface area contributed by atoms with E-state index in [0.717, 1.165) is 17.4 Å². The Labute approximate surface area is 160 Å². The van der Waals surface area contributed by atoms with Gasteiger partial charge in [0.1, 0.15) is 24.3 Å². The Morgan fingerprint density at radius 2 is 1.85 bits per heavy atom. The molecule has 2 heterocycles. The zero-order chi connectivity index (χ0) is 19.8. The van der Waals surface area contributed by atoms with Gasteiger partial charge in [-0.25, -0.2) is 13.2 Å². The van der Waals surface area contributed by atoms with E-state index < -0.39 is 50.8 Å². The lowest BCUT2D eigenvalue weighted by Crippen LogP contribution is -2.68. The maximum absolute atomic E-state index is 12.6. The SMILES string of the molecule is CC(=O)OCC1=C(C(=O)OCc2ccccc2)N2C(=O)[C@H](Cl)[C@H]2S(=O)(=O)C1. The van der Waals surface area contributed by atoms with Crippen molar-refractivity contribution in [2.75, 3.05) is 12.4 Å². The number of amides is 1. The number of fused-ring (bicyclic) bond motifs is 1. The highest BCUT2D eigenvalue weighted by Gasteiger charge is 2.59. The molecule has 0 spiro atoms. The molecule has 2 atom stereocenters. The Balaban J connectivity index is 1.91. The van der Waals surface area contributed by atoms with Gasteiger partial charge in [-0.2, -0.15) is 0 Å². The smallest absolute Gasteiger partial charge is 0.355 e. The first-order valence-corrected chi connectivity index (χ1v) is 10.1. The predicted octanol–water partition coefficient (Wildman–Crippen LogP) is 0.751. The standard InChI is InChI=1S/C17H16ClNO7S/c1-10(20)25-8-12-9-27(23,24)16-13(18)15(21)19(16)14(12)17(22)26-7-11-5-3-2-4-6-11/h2-6,13,16H,7-9H2,1H3/t13-,16+/m0/s1. The van der Waals surface area contributed by atoms with Crippen molar-refractivity contribution in [2.45, 2.75) is 24.3 Å². The van der Waals surface area contributed by atoms with Gasteiger partial charge < -0.3 is 9.47 Å². The van der Waals surface area contributed by atoms with Crippen molar-refractivity contribution < 1.29 is 32.3 Å². The van der Waals surface area contributed by atoms with Crippen molar-refractivity contribution in [1.29, 1.82) is 0 Å². The Morgan fingerprint density at radius 3 is 2.48 bits per heavy atom. The number of ether oxygens (including phenoxy) is 2. The van der Waals surface area contributed by atoms with Crippen molar-refractivity contribution in [3.63, 3.8) is 0 Å². The van der Waals surface area contributed by atoms with E-state index >= 15 is 0 Å². The molecule has 1 saturated heterocycles. The summed E-state index contributed by atoms with van der Waals surface area (Å²) in [5, 5.41) is -2.59. The zero-order valence-electron chi connectivity index (χ0n) is 14.3. The molecule has 0 saturated carbocycles. The highest BCUT2D eigenvalue weighted by atomic mass is 35.5. The number of halogens is 1. The van der Waals surface area contributed by atoms with Crippen molar-refractivity contribution in [2.24, 2.45) is 0 Å². The van der Waals surface area contributed by atoms with E-state index in [-0.39, 0.29) is 17.9 Å². The van der Waals surface area contributed by atoms with Crippen LogP contribution in [0.5, 0.6) is 0 Å². The van der Waals surface area contributed by atoms with Crippen LogP contribution in [0.2, 0.25) is 0 Å². The highest BCUT2D eigenvalue weighted by Crippen LogP contribution is 2.39. The van der Waals surface area contributed by atoms with Crippen molar-refractivity contribution in [1.82, 2.24) is 4.90 Å². The van der Waals surface area contributed by atoms with E-state index in [1.165, 1.54) is 0 Å². The summed E-state index contributed by atoms with van der Waals surface area (Å²) >= 11 is 5.85. The molecule has 1 aromatic carbocycles. The molecule has 0 bridgehead atoms. The molecule has 10 heteroatoms. The minimum absolute atomic E-state index is 0.0172. The van der Waals surface area contributed by atoms with Gasteiger partial charge in [-0.3, -0.25) is 14.5 Å². The van der Waals surface area contributed by atoms with Gasteiger partial charge in [0.2, 0.25) is 5.91 Å². The van der Waals surface area contributed by atoms with Crippen molar-refractivity contribution >= 4 is 39.3 Å². The number of alkyl halides is 1. The van der Waals surface area contributed by atoms with Gasteiger partial charge in [-0.1, -0.05) is 30.3 Å². The van der Waals surface area contributed by atoms with Gasteiger partial charge in [-0.15, -0.1) is 11.6 Å². The molecule has 2 aliphatic heterocycles. The van der Waals surface area contributed by atoms with Gasteiger partial charge in [-0.05, 0) is 5.56 Å². The van der Waals surface area contributed by atoms with E-state index in [1.807, 2.05) is 0 Å². The molecule has 8 nitrogen and oxygen atoms in total. The van der Waals surface area contributed by atoms with Crippen LogP contribution in [-0.4, -0.2) is 54.3 Å². The predicted molar refractivity (Wildman–Crippen MR) is 94.0 cm³/mol. The van der Waals surface area contributed by atoms with Crippen molar-refractivity contribution in [3.05, 3.63) is 47.2 Å². The summed E-state index contributed by atoms with van der Waals surface area (Å²) in [6, 6.07) is 8.85. The Morgan fingerprint density at radius 1 is 1.19 bits per heavy atom. The quantitative estimate of drug-likeness (QED) is 0.398. The van der Waals surface area contributed by atoms with Crippen LogP contribution in [-0.2, 0) is 40.3 Å². The molecule has 0 aliphatic carbocycles. The maximum Gasteiger partial charge on any atom is 0.355 e. The van der Waals surface area contributed by atoms with E-state index in [0.29, 0.717) is 0 Å². The molecular weight excluding hydrogens is 398 g/mol. The number of sulfone groups is 1. The first kappa shape index (κ1) is 19.4. The number of carbonyl (C=O) groups excluding carboxylic acids is 3. The fourth-order valence-electron chi connectivity index (χ4n) is 2.91. The van der Waals surface area contributed by atoms with Crippen LogP contribution in [0.25, 0.3) is 0 Å². The molecule has 1 amide bonds. The zero-order valence-corrected chi connectivity index (χ0v) is 15.8. The summed E-state index contributed by atoms with van der Waals surface area (Å²) < 4.78 is 34.9. The molecule has 1 fully saturated rings. The number of carbonyl (C=O) groups is 3. The Bertz CT molecular complexity index is 926. The summed E-state index contributed by atoms with van der Waals surface area (Å²) in [5.41, 5.74) is 0.475. The van der Waals surface area contributed by atoms with Gasteiger partial charge >= 0.3 is 11.9 Å². The maximum atomic E-state index is 12.6. The summed E-state index contributed by atoms with van der Waals surface area (Å²) in [5.74, 6) is -2.79. The highest BCUT2D eigenvalue weighted by molar-refractivity contribution is 7.92. The van der Waals surface area contributed by atoms with Crippen LogP contribution in [0, 0.1) is 0 Å². The number of β-lactam (4-membered cyclic amide) rings is 1. The molecule has 27 heavy (non-hydrogen) atoms. The van der Waals surface area contributed by atoms with Gasteiger partial charge in [0.15, 0.2) is 15.2 Å². The van der Waals surface area contributed by atoms with Crippen LogP contribution in [0.3, 0.4) is 0 Å². The minimum atomic E-state index is -3.82. The summed E-state index contributed by atoms with van der Waals surface area (Å²) in [4.78, 5) is 36.7. The van der Waals surface area contributed by atoms with Crippen LogP contribution < -0.4 is 0 Å². The molecule has 0 N–H and O–H groups in total. The second kappa shape index (κ2) is 7.32. The third-order valence-corrected chi connectivity index (χ3v) is 6.70. The molecule has 0 unspecified atom stereocenters. The molecule has 1 aromatic rings. The number of esters is 2. The third kappa shape index (κ3) is 3.70. The third-order valence-electron chi connectivity index (χ3n) is 4.15. The van der Waals surface area contributed by atoms with Gasteiger partial charge in [0, 0.05) is 12.5 Å².